The number of nitrogens with zero attached hydrogens (tertiary/aromatic N) is 4. The Morgan fingerprint density at radius 3 is 2.12 bits per heavy atom. The zero-order chi connectivity index (χ0) is 31.6. The minimum absolute atomic E-state index is 0.203. The van der Waals surface area contributed by atoms with Gasteiger partial charge in [0.15, 0.2) is 0 Å². The maximum Gasteiger partial charge on any atom is 0.227 e. The zero-order valence-corrected chi connectivity index (χ0v) is 28.4. The van der Waals surface area contributed by atoms with Crippen molar-refractivity contribution in [3.05, 3.63) is 77.6 Å². The second-order valence-corrected chi connectivity index (χ2v) is 11.5. The number of carbonyl (C=O) groups excluding carboxylic acids is 1. The van der Waals surface area contributed by atoms with Gasteiger partial charge in [-0.1, -0.05) is 89.9 Å². The van der Waals surface area contributed by atoms with E-state index in [0.717, 1.165) is 44.7 Å². The SMILES string of the molecule is CC.CCC.CCC(C)c1ccc(N2CCN(C(=O)Cc3cnn(CC)c3)CC2)cc1NC1CCC1.Cc1ccccc1. The van der Waals surface area contributed by atoms with E-state index in [1.807, 2.05) is 54.0 Å². The molecule has 6 heteroatoms. The summed E-state index contributed by atoms with van der Waals surface area (Å²) in [6, 6.07) is 17.8. The summed E-state index contributed by atoms with van der Waals surface area (Å²) in [5.74, 6) is 0.762. The van der Waals surface area contributed by atoms with Crippen molar-refractivity contribution in [2.45, 2.75) is 112 Å². The number of hydrogen-bond acceptors (Lipinski definition) is 4. The highest BCUT2D eigenvalue weighted by atomic mass is 16.2. The summed E-state index contributed by atoms with van der Waals surface area (Å²) < 4.78 is 1.87. The van der Waals surface area contributed by atoms with E-state index in [1.54, 1.807) is 0 Å². The summed E-state index contributed by atoms with van der Waals surface area (Å²) in [6.45, 7) is 21.1. The van der Waals surface area contributed by atoms with Gasteiger partial charge in [0.1, 0.15) is 0 Å². The van der Waals surface area contributed by atoms with E-state index in [4.69, 9.17) is 0 Å². The van der Waals surface area contributed by atoms with Crippen LogP contribution in [-0.4, -0.2) is 52.8 Å². The lowest BCUT2D eigenvalue weighted by Gasteiger charge is -2.37. The molecule has 0 bridgehead atoms. The second kappa shape index (κ2) is 19.8. The van der Waals surface area contributed by atoms with Gasteiger partial charge in [-0.2, -0.15) is 5.10 Å². The third-order valence-corrected chi connectivity index (χ3v) is 7.95. The highest BCUT2D eigenvalue weighted by Crippen LogP contribution is 2.34. The van der Waals surface area contributed by atoms with Crippen LogP contribution in [0.2, 0.25) is 0 Å². The van der Waals surface area contributed by atoms with Crippen LogP contribution in [0, 0.1) is 6.92 Å². The molecule has 2 fully saturated rings. The molecule has 2 aromatic carbocycles. The molecule has 1 aliphatic heterocycles. The molecular formula is C37H59N5O. The van der Waals surface area contributed by atoms with Crippen molar-refractivity contribution >= 4 is 17.3 Å². The fourth-order valence-corrected chi connectivity index (χ4v) is 4.99. The molecule has 2 aliphatic rings. The number of aromatic nitrogens is 2. The first-order valence-electron chi connectivity index (χ1n) is 16.8. The molecule has 1 aromatic heterocycles. The van der Waals surface area contributed by atoms with Crippen LogP contribution in [0.4, 0.5) is 11.4 Å². The third-order valence-electron chi connectivity index (χ3n) is 7.95. The number of aryl methyl sites for hydroxylation is 2. The van der Waals surface area contributed by atoms with E-state index in [2.05, 4.69) is 87.2 Å². The second-order valence-electron chi connectivity index (χ2n) is 11.5. The van der Waals surface area contributed by atoms with E-state index >= 15 is 0 Å². The number of amides is 1. The number of piperazine rings is 1. The van der Waals surface area contributed by atoms with Crippen LogP contribution in [0.1, 0.15) is 103 Å². The first-order chi connectivity index (χ1) is 20.9. The average molecular weight is 590 g/mol. The normalized spacial score (nSPS) is 15.0. The van der Waals surface area contributed by atoms with E-state index in [9.17, 15) is 4.79 Å². The van der Waals surface area contributed by atoms with Crippen molar-refractivity contribution in [3.8, 4) is 0 Å². The minimum Gasteiger partial charge on any atom is -0.382 e. The number of hydrogen-bond donors (Lipinski definition) is 1. The highest BCUT2D eigenvalue weighted by Gasteiger charge is 2.24. The van der Waals surface area contributed by atoms with Gasteiger partial charge in [-0.05, 0) is 68.7 Å². The Labute approximate surface area is 262 Å². The summed E-state index contributed by atoms with van der Waals surface area (Å²) >= 11 is 0. The van der Waals surface area contributed by atoms with Gasteiger partial charge in [-0.3, -0.25) is 9.48 Å². The molecule has 0 spiro atoms. The van der Waals surface area contributed by atoms with Gasteiger partial charge in [-0.25, -0.2) is 0 Å². The molecule has 1 atom stereocenters. The Balaban J connectivity index is 0.000000455. The monoisotopic (exact) mass is 589 g/mol. The molecule has 2 heterocycles. The summed E-state index contributed by atoms with van der Waals surface area (Å²) in [7, 11) is 0. The first-order valence-corrected chi connectivity index (χ1v) is 16.8. The van der Waals surface area contributed by atoms with Crippen molar-refractivity contribution in [2.24, 2.45) is 0 Å². The Bertz CT molecular complexity index is 1160. The molecule has 1 saturated heterocycles. The van der Waals surface area contributed by atoms with Gasteiger partial charge in [-0.15, -0.1) is 0 Å². The Hall–Kier alpha value is -3.28. The van der Waals surface area contributed by atoms with Crippen LogP contribution < -0.4 is 10.2 Å². The number of benzene rings is 2. The number of nitrogens with one attached hydrogen (secondary N) is 1. The maximum absolute atomic E-state index is 12.7. The molecule has 238 valence electrons. The summed E-state index contributed by atoms with van der Waals surface area (Å²) in [5, 5.41) is 8.08. The smallest absolute Gasteiger partial charge is 0.227 e. The predicted octanol–water partition coefficient (Wildman–Crippen LogP) is 8.71. The van der Waals surface area contributed by atoms with E-state index in [1.165, 1.54) is 48.2 Å². The van der Waals surface area contributed by atoms with Crippen molar-refractivity contribution < 1.29 is 4.79 Å². The minimum atomic E-state index is 0.203. The molecule has 1 amide bonds. The van der Waals surface area contributed by atoms with Gasteiger partial charge in [0.05, 0.1) is 12.6 Å². The Morgan fingerprint density at radius 2 is 1.63 bits per heavy atom. The fourth-order valence-electron chi connectivity index (χ4n) is 4.99. The zero-order valence-electron chi connectivity index (χ0n) is 28.4. The summed E-state index contributed by atoms with van der Waals surface area (Å²) in [4.78, 5) is 17.2. The van der Waals surface area contributed by atoms with Gasteiger partial charge in [0, 0.05) is 56.3 Å². The first kappa shape index (κ1) is 35.9. The Morgan fingerprint density at radius 1 is 0.977 bits per heavy atom. The van der Waals surface area contributed by atoms with Gasteiger partial charge >= 0.3 is 0 Å². The molecule has 5 rings (SSSR count). The number of rotatable bonds is 8. The van der Waals surface area contributed by atoms with Crippen LogP contribution in [0.25, 0.3) is 0 Å². The van der Waals surface area contributed by atoms with E-state index in [-0.39, 0.29) is 5.91 Å². The van der Waals surface area contributed by atoms with Gasteiger partial charge < -0.3 is 15.1 Å². The van der Waals surface area contributed by atoms with Crippen molar-refractivity contribution in [1.29, 1.82) is 0 Å². The number of carbonyl (C=O) groups is 1. The van der Waals surface area contributed by atoms with Crippen LogP contribution >= 0.6 is 0 Å². The average Bonchev–Trinajstić information content (AvgIpc) is 3.48. The number of anilines is 2. The van der Waals surface area contributed by atoms with E-state index < -0.39 is 0 Å². The quantitative estimate of drug-likeness (QED) is 0.286. The molecule has 0 radical (unpaired) electrons. The Kier molecular flexibility index (Phi) is 16.6. The van der Waals surface area contributed by atoms with Crippen LogP contribution in [0.15, 0.2) is 60.9 Å². The highest BCUT2D eigenvalue weighted by molar-refractivity contribution is 5.79. The lowest BCUT2D eigenvalue weighted by Crippen LogP contribution is -2.49. The van der Waals surface area contributed by atoms with E-state index in [0.29, 0.717) is 18.4 Å². The predicted molar refractivity (Wildman–Crippen MR) is 185 cm³/mol. The molecular weight excluding hydrogens is 530 g/mol. The van der Waals surface area contributed by atoms with Crippen LogP contribution in [0.5, 0.6) is 0 Å². The standard InChI is InChI=1S/C25H37N5O.C7H8.C3H8.C2H6/c1-4-19(3)23-10-9-22(16-24(23)27-21-7-6-8-21)28-11-13-29(14-12-28)25(31)15-20-17-26-30(5-2)18-20;1-7-5-3-2-4-6-7;1-3-2;1-2/h9-10,16-19,21,27H,4-8,11-15H2,1-3H3;2-6H,1H3;3H2,1-2H3;1-2H3. The maximum atomic E-state index is 12.7. The van der Waals surface area contributed by atoms with Crippen molar-refractivity contribution in [2.75, 3.05) is 36.4 Å². The topological polar surface area (TPSA) is 53.4 Å². The molecule has 1 unspecified atom stereocenters. The third kappa shape index (κ3) is 11.7. The lowest BCUT2D eigenvalue weighted by molar-refractivity contribution is -0.130. The van der Waals surface area contributed by atoms with Crippen molar-refractivity contribution in [3.63, 3.8) is 0 Å². The summed E-state index contributed by atoms with van der Waals surface area (Å²) in [6.07, 6.45) is 10.5. The molecule has 3 aromatic rings. The lowest BCUT2D eigenvalue weighted by atomic mass is 9.91. The van der Waals surface area contributed by atoms with Gasteiger partial charge in [0.2, 0.25) is 5.91 Å². The molecule has 6 nitrogen and oxygen atoms in total. The van der Waals surface area contributed by atoms with Crippen LogP contribution in [0.3, 0.4) is 0 Å². The van der Waals surface area contributed by atoms with Gasteiger partial charge in [0.25, 0.3) is 0 Å². The molecule has 1 saturated carbocycles. The van der Waals surface area contributed by atoms with Crippen molar-refractivity contribution in [1.82, 2.24) is 14.7 Å². The largest absolute Gasteiger partial charge is 0.382 e. The molecule has 1 aliphatic carbocycles. The van der Waals surface area contributed by atoms with Crippen LogP contribution in [-0.2, 0) is 17.8 Å². The fraction of sp³-hybridized carbons (Fsp3) is 0.568. The molecule has 1 N–H and O–H groups in total. The molecule has 43 heavy (non-hydrogen) atoms. The summed E-state index contributed by atoms with van der Waals surface area (Å²) in [5.41, 5.74) is 6.33.